The van der Waals surface area contributed by atoms with Crippen LogP contribution in [-0.2, 0) is 14.3 Å². The molecule has 1 N–H and O–H groups in total. The molecule has 0 unspecified atom stereocenters. The van der Waals surface area contributed by atoms with E-state index in [-0.39, 0.29) is 11.3 Å². The van der Waals surface area contributed by atoms with Crippen LogP contribution in [0.5, 0.6) is 5.75 Å². The van der Waals surface area contributed by atoms with E-state index in [1.807, 2.05) is 24.4 Å². The maximum Gasteiger partial charge on any atom is 0.295 e. The number of ether oxygens (including phenoxy) is 2. The van der Waals surface area contributed by atoms with Gasteiger partial charge in [-0.3, -0.25) is 14.5 Å². The molecule has 1 aromatic carbocycles. The molecule has 0 aliphatic carbocycles. The summed E-state index contributed by atoms with van der Waals surface area (Å²) in [4.78, 5) is 30.7. The van der Waals surface area contributed by atoms with Gasteiger partial charge < -0.3 is 19.5 Å². The average molecular weight is 457 g/mol. The molecule has 0 spiro atoms. The van der Waals surface area contributed by atoms with Crippen molar-refractivity contribution in [2.45, 2.75) is 19.4 Å². The molecule has 2 aliphatic heterocycles. The Kier molecular flexibility index (Phi) is 7.24. The van der Waals surface area contributed by atoms with Crippen LogP contribution in [0.3, 0.4) is 0 Å². The second-order valence-corrected chi connectivity index (χ2v) is 8.81. The van der Waals surface area contributed by atoms with Crippen molar-refractivity contribution in [3.8, 4) is 5.75 Å². The first kappa shape index (κ1) is 22.5. The van der Waals surface area contributed by atoms with Crippen LogP contribution >= 0.6 is 11.3 Å². The van der Waals surface area contributed by atoms with Gasteiger partial charge in [-0.1, -0.05) is 13.0 Å². The lowest BCUT2D eigenvalue weighted by atomic mass is 10.00. The Bertz CT molecular complexity index is 965. The number of carbonyl (C=O) groups excluding carboxylic acids is 2. The number of hydrogen-bond acceptors (Lipinski definition) is 7. The number of likely N-dealkylation sites (tertiary alicyclic amines) is 1. The Morgan fingerprint density at radius 3 is 2.56 bits per heavy atom. The first-order valence-electron chi connectivity index (χ1n) is 10.9. The molecule has 2 aliphatic rings. The summed E-state index contributed by atoms with van der Waals surface area (Å²) in [5, 5.41) is 13.0. The Morgan fingerprint density at radius 2 is 1.91 bits per heavy atom. The number of morpholine rings is 1. The molecule has 0 saturated carbocycles. The van der Waals surface area contributed by atoms with Gasteiger partial charge in [0.25, 0.3) is 11.7 Å². The molecule has 4 rings (SSSR count). The molecule has 2 aromatic rings. The van der Waals surface area contributed by atoms with Gasteiger partial charge in [0.2, 0.25) is 0 Å². The highest BCUT2D eigenvalue weighted by Gasteiger charge is 2.46. The number of amides is 1. The summed E-state index contributed by atoms with van der Waals surface area (Å²) >= 11 is 1.47. The molecular weight excluding hydrogens is 428 g/mol. The van der Waals surface area contributed by atoms with E-state index in [0.717, 1.165) is 24.4 Å². The minimum absolute atomic E-state index is 0.140. The first-order valence-corrected chi connectivity index (χ1v) is 11.8. The summed E-state index contributed by atoms with van der Waals surface area (Å²) in [7, 11) is 0. The van der Waals surface area contributed by atoms with E-state index in [4.69, 9.17) is 9.47 Å². The molecule has 170 valence electrons. The van der Waals surface area contributed by atoms with Gasteiger partial charge in [0.05, 0.1) is 31.4 Å². The normalized spacial score (nSPS) is 21.3. The van der Waals surface area contributed by atoms with Gasteiger partial charge in [0, 0.05) is 36.6 Å². The van der Waals surface area contributed by atoms with Gasteiger partial charge in [-0.2, -0.15) is 0 Å². The standard InChI is InChI=1S/C24H28N2O5S/c1-2-13-31-18-7-5-17(6-8-18)22(27)20-21(19-4-3-16-32-19)26(24(29)23(20)28)10-9-25-11-14-30-15-12-25/h3-8,16,21,27H,2,9-15H2,1H3/t21-/m0/s1. The van der Waals surface area contributed by atoms with Crippen molar-refractivity contribution in [2.75, 3.05) is 46.0 Å². The number of aliphatic hydroxyl groups excluding tert-OH is 1. The maximum atomic E-state index is 13.0. The SMILES string of the molecule is CCCOc1ccc(C(O)=C2C(=O)C(=O)N(CCN3CCOCC3)[C@H]2c2cccs2)cc1. The zero-order valence-corrected chi connectivity index (χ0v) is 19.0. The second kappa shape index (κ2) is 10.3. The minimum Gasteiger partial charge on any atom is -0.507 e. The van der Waals surface area contributed by atoms with Crippen molar-refractivity contribution in [1.29, 1.82) is 0 Å². The summed E-state index contributed by atoms with van der Waals surface area (Å²) in [5.41, 5.74) is 0.628. The van der Waals surface area contributed by atoms with Crippen LogP contribution < -0.4 is 4.74 Å². The Labute approximate surface area is 191 Å². The summed E-state index contributed by atoms with van der Waals surface area (Å²) in [5.74, 6) is -0.669. The fraction of sp³-hybridized carbons (Fsp3) is 0.417. The van der Waals surface area contributed by atoms with E-state index in [1.54, 1.807) is 29.2 Å². The molecule has 1 aromatic heterocycles. The Hall–Kier alpha value is -2.68. The molecule has 7 nitrogen and oxygen atoms in total. The number of hydrogen-bond donors (Lipinski definition) is 1. The topological polar surface area (TPSA) is 79.3 Å². The summed E-state index contributed by atoms with van der Waals surface area (Å²) < 4.78 is 11.0. The Morgan fingerprint density at radius 1 is 1.16 bits per heavy atom. The van der Waals surface area contributed by atoms with Gasteiger partial charge >= 0.3 is 0 Å². The fourth-order valence-electron chi connectivity index (χ4n) is 4.01. The third-order valence-corrected chi connectivity index (χ3v) is 6.64. The lowest BCUT2D eigenvalue weighted by Gasteiger charge is -2.30. The number of nitrogens with zero attached hydrogens (tertiary/aromatic N) is 2. The van der Waals surface area contributed by atoms with E-state index < -0.39 is 17.7 Å². The third kappa shape index (κ3) is 4.72. The van der Waals surface area contributed by atoms with Crippen LogP contribution in [0.2, 0.25) is 0 Å². The number of benzene rings is 1. The van der Waals surface area contributed by atoms with Crippen molar-refractivity contribution < 1.29 is 24.2 Å². The first-order chi connectivity index (χ1) is 15.6. The van der Waals surface area contributed by atoms with Crippen molar-refractivity contribution in [1.82, 2.24) is 9.80 Å². The predicted molar refractivity (Wildman–Crippen MR) is 123 cm³/mol. The molecule has 32 heavy (non-hydrogen) atoms. The molecule has 0 bridgehead atoms. The number of Topliss-reactive ketones (excluding diaryl/α,β-unsaturated/α-hetero) is 1. The molecule has 3 heterocycles. The zero-order valence-electron chi connectivity index (χ0n) is 18.2. The zero-order chi connectivity index (χ0) is 22.5. The van der Waals surface area contributed by atoms with Crippen molar-refractivity contribution in [2.24, 2.45) is 0 Å². The maximum absolute atomic E-state index is 13.0. The molecular formula is C24H28N2O5S. The number of thiophene rings is 1. The van der Waals surface area contributed by atoms with Gasteiger partial charge in [-0.15, -0.1) is 11.3 Å². The number of carbonyl (C=O) groups is 2. The second-order valence-electron chi connectivity index (χ2n) is 7.83. The molecule has 2 fully saturated rings. The average Bonchev–Trinajstić information content (AvgIpc) is 3.44. The van der Waals surface area contributed by atoms with Crippen LogP contribution in [-0.4, -0.2) is 72.6 Å². The van der Waals surface area contributed by atoms with Gasteiger partial charge in [-0.25, -0.2) is 0 Å². The van der Waals surface area contributed by atoms with Gasteiger partial charge in [-0.05, 0) is 42.1 Å². The smallest absolute Gasteiger partial charge is 0.295 e. The van der Waals surface area contributed by atoms with Crippen LogP contribution in [0.25, 0.3) is 5.76 Å². The summed E-state index contributed by atoms with van der Waals surface area (Å²) in [6.07, 6.45) is 0.899. The van der Waals surface area contributed by atoms with Crippen molar-refractivity contribution in [3.05, 3.63) is 57.8 Å². The molecule has 8 heteroatoms. The van der Waals surface area contributed by atoms with Crippen LogP contribution in [0, 0.1) is 0 Å². The highest BCUT2D eigenvalue weighted by Crippen LogP contribution is 2.41. The molecule has 0 radical (unpaired) electrons. The van der Waals surface area contributed by atoms with E-state index >= 15 is 0 Å². The van der Waals surface area contributed by atoms with Crippen LogP contribution in [0.4, 0.5) is 0 Å². The molecule has 2 saturated heterocycles. The predicted octanol–water partition coefficient (Wildman–Crippen LogP) is 3.29. The van der Waals surface area contributed by atoms with Gasteiger partial charge in [0.15, 0.2) is 0 Å². The van der Waals surface area contributed by atoms with Crippen LogP contribution in [0.15, 0.2) is 47.4 Å². The quantitative estimate of drug-likeness (QED) is 0.373. The van der Waals surface area contributed by atoms with E-state index in [0.29, 0.717) is 44.2 Å². The lowest BCUT2D eigenvalue weighted by molar-refractivity contribution is -0.140. The van der Waals surface area contributed by atoms with Crippen LogP contribution in [0.1, 0.15) is 29.8 Å². The largest absolute Gasteiger partial charge is 0.507 e. The van der Waals surface area contributed by atoms with Crippen molar-refractivity contribution in [3.63, 3.8) is 0 Å². The monoisotopic (exact) mass is 456 g/mol. The van der Waals surface area contributed by atoms with E-state index in [2.05, 4.69) is 4.90 Å². The lowest BCUT2D eigenvalue weighted by Crippen LogP contribution is -2.42. The highest BCUT2D eigenvalue weighted by molar-refractivity contribution is 7.10. The number of ketones is 1. The number of aliphatic hydroxyl groups is 1. The molecule has 1 amide bonds. The van der Waals surface area contributed by atoms with Crippen molar-refractivity contribution >= 4 is 28.8 Å². The Balaban J connectivity index is 1.63. The third-order valence-electron chi connectivity index (χ3n) is 5.71. The van der Waals surface area contributed by atoms with E-state index in [9.17, 15) is 14.7 Å². The molecule has 1 atom stereocenters. The van der Waals surface area contributed by atoms with Gasteiger partial charge in [0.1, 0.15) is 11.5 Å². The summed E-state index contributed by atoms with van der Waals surface area (Å²) in [6, 6.07) is 10.2. The highest BCUT2D eigenvalue weighted by atomic mass is 32.1. The van der Waals surface area contributed by atoms with E-state index in [1.165, 1.54) is 11.3 Å². The summed E-state index contributed by atoms with van der Waals surface area (Å²) in [6.45, 7) is 6.66. The minimum atomic E-state index is -0.644. The number of rotatable bonds is 8. The fourth-order valence-corrected chi connectivity index (χ4v) is 4.86.